The third kappa shape index (κ3) is 4.98. The van der Waals surface area contributed by atoms with Crippen molar-refractivity contribution in [1.29, 1.82) is 0 Å². The standard InChI is InChI=1S/C21H24BrN5/c1-15-13-16(2)27(25-15)21(24-20-11-8-18(22)14-23-20)12-7-17-5-9-19(10-6-17)26(3)4/h5-14,21H,1-4H3,(H,23,24)/b12-7+. The summed E-state index contributed by atoms with van der Waals surface area (Å²) >= 11 is 3.42. The summed E-state index contributed by atoms with van der Waals surface area (Å²) < 4.78 is 2.93. The number of halogens is 1. The third-order valence-electron chi connectivity index (χ3n) is 4.21. The van der Waals surface area contributed by atoms with Crippen LogP contribution >= 0.6 is 15.9 Å². The molecule has 1 N–H and O–H groups in total. The van der Waals surface area contributed by atoms with Crippen LogP contribution in [0.25, 0.3) is 6.08 Å². The quantitative estimate of drug-likeness (QED) is 0.600. The largest absolute Gasteiger partial charge is 0.378 e. The second-order valence-electron chi connectivity index (χ2n) is 6.67. The van der Waals surface area contributed by atoms with Gasteiger partial charge in [-0.15, -0.1) is 0 Å². The molecule has 3 aromatic rings. The van der Waals surface area contributed by atoms with E-state index in [0.717, 1.165) is 27.2 Å². The Hall–Kier alpha value is -2.60. The molecule has 0 amide bonds. The van der Waals surface area contributed by atoms with Crippen molar-refractivity contribution in [2.45, 2.75) is 20.0 Å². The first-order valence-electron chi connectivity index (χ1n) is 8.79. The highest BCUT2D eigenvalue weighted by Crippen LogP contribution is 2.20. The molecule has 2 heterocycles. The minimum absolute atomic E-state index is 0.138. The predicted octanol–water partition coefficient (Wildman–Crippen LogP) is 5.05. The lowest BCUT2D eigenvalue weighted by Crippen LogP contribution is -2.19. The number of pyridine rings is 1. The molecule has 3 rings (SSSR count). The van der Waals surface area contributed by atoms with E-state index in [-0.39, 0.29) is 6.17 Å². The minimum Gasteiger partial charge on any atom is -0.378 e. The molecule has 0 spiro atoms. The zero-order valence-corrected chi connectivity index (χ0v) is 17.6. The highest BCUT2D eigenvalue weighted by atomic mass is 79.9. The van der Waals surface area contributed by atoms with Crippen LogP contribution in [0.1, 0.15) is 23.1 Å². The molecule has 140 valence electrons. The molecule has 2 aromatic heterocycles. The van der Waals surface area contributed by atoms with E-state index < -0.39 is 0 Å². The molecular weight excluding hydrogens is 402 g/mol. The minimum atomic E-state index is -0.138. The van der Waals surface area contributed by atoms with E-state index in [4.69, 9.17) is 0 Å². The van der Waals surface area contributed by atoms with Crippen molar-refractivity contribution in [3.63, 3.8) is 0 Å². The number of nitrogens with zero attached hydrogens (tertiary/aromatic N) is 4. The van der Waals surface area contributed by atoms with Crippen LogP contribution in [0.2, 0.25) is 0 Å². The van der Waals surface area contributed by atoms with Crippen molar-refractivity contribution in [3.8, 4) is 0 Å². The number of aromatic nitrogens is 3. The molecule has 0 saturated carbocycles. The van der Waals surface area contributed by atoms with Crippen LogP contribution < -0.4 is 10.2 Å². The van der Waals surface area contributed by atoms with Gasteiger partial charge in [0.2, 0.25) is 0 Å². The first kappa shape index (κ1) is 19.2. The summed E-state index contributed by atoms with van der Waals surface area (Å²) in [7, 11) is 4.08. The Morgan fingerprint density at radius 3 is 2.41 bits per heavy atom. The Kier molecular flexibility index (Phi) is 5.96. The maximum atomic E-state index is 4.63. The van der Waals surface area contributed by atoms with Crippen LogP contribution in [-0.2, 0) is 0 Å². The Morgan fingerprint density at radius 2 is 1.85 bits per heavy atom. The Labute approximate surface area is 168 Å². The molecule has 1 atom stereocenters. The third-order valence-corrected chi connectivity index (χ3v) is 4.68. The second kappa shape index (κ2) is 8.39. The molecule has 1 aromatic carbocycles. The Balaban J connectivity index is 1.86. The van der Waals surface area contributed by atoms with Crippen molar-refractivity contribution in [1.82, 2.24) is 14.8 Å². The lowest BCUT2D eigenvalue weighted by molar-refractivity contribution is 0.572. The molecule has 5 nitrogen and oxygen atoms in total. The maximum absolute atomic E-state index is 4.63. The number of rotatable bonds is 6. The van der Waals surface area contributed by atoms with E-state index in [9.17, 15) is 0 Å². The van der Waals surface area contributed by atoms with Gasteiger partial charge in [-0.2, -0.15) is 5.10 Å². The number of benzene rings is 1. The van der Waals surface area contributed by atoms with Gasteiger partial charge >= 0.3 is 0 Å². The molecular formula is C21H24BrN5. The average molecular weight is 426 g/mol. The Bertz CT molecular complexity index is 911. The fourth-order valence-corrected chi connectivity index (χ4v) is 3.05. The number of hydrogen-bond acceptors (Lipinski definition) is 4. The van der Waals surface area contributed by atoms with E-state index in [1.165, 1.54) is 5.69 Å². The molecule has 0 radical (unpaired) electrons. The number of anilines is 2. The van der Waals surface area contributed by atoms with Crippen LogP contribution in [-0.4, -0.2) is 28.9 Å². The SMILES string of the molecule is Cc1cc(C)n(C(/C=C/c2ccc(N(C)C)cc2)Nc2ccc(Br)cn2)n1. The lowest BCUT2D eigenvalue weighted by atomic mass is 10.2. The maximum Gasteiger partial charge on any atom is 0.141 e. The summed E-state index contributed by atoms with van der Waals surface area (Å²) in [5.41, 5.74) is 4.40. The van der Waals surface area contributed by atoms with Gasteiger partial charge < -0.3 is 10.2 Å². The molecule has 0 aliphatic carbocycles. The van der Waals surface area contributed by atoms with Gasteiger partial charge in [0.15, 0.2) is 0 Å². The van der Waals surface area contributed by atoms with Gasteiger partial charge in [-0.3, -0.25) is 0 Å². The Morgan fingerprint density at radius 1 is 1.11 bits per heavy atom. The summed E-state index contributed by atoms with van der Waals surface area (Å²) in [5.74, 6) is 0.795. The summed E-state index contributed by atoms with van der Waals surface area (Å²) in [6.07, 6.45) is 5.85. The first-order chi connectivity index (χ1) is 12.9. The fraction of sp³-hybridized carbons (Fsp3) is 0.238. The van der Waals surface area contributed by atoms with E-state index in [1.54, 1.807) is 6.20 Å². The van der Waals surface area contributed by atoms with Crippen molar-refractivity contribution < 1.29 is 0 Å². The highest BCUT2D eigenvalue weighted by molar-refractivity contribution is 9.10. The van der Waals surface area contributed by atoms with E-state index in [2.05, 4.69) is 85.6 Å². The smallest absolute Gasteiger partial charge is 0.141 e. The van der Waals surface area contributed by atoms with Crippen molar-refractivity contribution in [2.24, 2.45) is 0 Å². The highest BCUT2D eigenvalue weighted by Gasteiger charge is 2.12. The van der Waals surface area contributed by atoms with Crippen LogP contribution in [0.4, 0.5) is 11.5 Å². The summed E-state index contributed by atoms with van der Waals surface area (Å²) in [5, 5.41) is 8.08. The molecule has 0 bridgehead atoms. The molecule has 1 unspecified atom stereocenters. The van der Waals surface area contributed by atoms with E-state index in [1.807, 2.05) is 37.8 Å². The number of hydrogen-bond donors (Lipinski definition) is 1. The van der Waals surface area contributed by atoms with E-state index in [0.29, 0.717) is 0 Å². The van der Waals surface area contributed by atoms with Gasteiger partial charge in [0.25, 0.3) is 0 Å². The predicted molar refractivity (Wildman–Crippen MR) is 116 cm³/mol. The van der Waals surface area contributed by atoms with Crippen LogP contribution in [0.3, 0.4) is 0 Å². The van der Waals surface area contributed by atoms with Gasteiger partial charge in [-0.1, -0.05) is 18.2 Å². The van der Waals surface area contributed by atoms with Crippen LogP contribution in [0.5, 0.6) is 0 Å². The first-order valence-corrected chi connectivity index (χ1v) is 9.58. The zero-order chi connectivity index (χ0) is 19.4. The summed E-state index contributed by atoms with van der Waals surface area (Å²) in [6, 6.07) is 14.4. The molecule has 27 heavy (non-hydrogen) atoms. The molecule has 0 saturated heterocycles. The van der Waals surface area contributed by atoms with Crippen molar-refractivity contribution >= 4 is 33.5 Å². The van der Waals surface area contributed by atoms with Gasteiger partial charge in [0.05, 0.1) is 5.69 Å². The number of aryl methyl sites for hydroxylation is 2. The van der Waals surface area contributed by atoms with E-state index >= 15 is 0 Å². The average Bonchev–Trinajstić information content (AvgIpc) is 2.98. The molecule has 0 fully saturated rings. The normalized spacial score (nSPS) is 12.3. The van der Waals surface area contributed by atoms with Gasteiger partial charge in [0, 0.05) is 36.1 Å². The zero-order valence-electron chi connectivity index (χ0n) is 16.0. The summed E-state index contributed by atoms with van der Waals surface area (Å²) in [6.45, 7) is 4.06. The molecule has 0 aliphatic rings. The monoisotopic (exact) mass is 425 g/mol. The second-order valence-corrected chi connectivity index (χ2v) is 7.58. The summed E-state index contributed by atoms with van der Waals surface area (Å²) in [4.78, 5) is 6.52. The van der Waals surface area contributed by atoms with Gasteiger partial charge in [-0.05, 0) is 71.7 Å². The topological polar surface area (TPSA) is 46.0 Å². The van der Waals surface area contributed by atoms with Crippen LogP contribution in [0.15, 0.2) is 59.2 Å². The van der Waals surface area contributed by atoms with Gasteiger partial charge in [-0.25, -0.2) is 9.67 Å². The number of nitrogens with one attached hydrogen (secondary N) is 1. The van der Waals surface area contributed by atoms with Crippen molar-refractivity contribution in [2.75, 3.05) is 24.3 Å². The molecule has 6 heteroatoms. The van der Waals surface area contributed by atoms with Crippen LogP contribution in [0, 0.1) is 13.8 Å². The van der Waals surface area contributed by atoms with Crippen molar-refractivity contribution in [3.05, 3.63) is 76.2 Å². The lowest BCUT2D eigenvalue weighted by Gasteiger charge is -2.18. The molecule has 0 aliphatic heterocycles. The van der Waals surface area contributed by atoms with Gasteiger partial charge in [0.1, 0.15) is 12.0 Å². The fourth-order valence-electron chi connectivity index (χ4n) is 2.82.